The first kappa shape index (κ1) is 15.8. The monoisotopic (exact) mass is 300 g/mol. The average molecular weight is 300 g/mol. The maximum Gasteiger partial charge on any atom is 0.215 e. The quantitative estimate of drug-likeness (QED) is 0.753. The van der Waals surface area contributed by atoms with Crippen molar-refractivity contribution in [1.29, 1.82) is 5.26 Å². The van der Waals surface area contributed by atoms with Crippen LogP contribution in [0.15, 0.2) is 24.3 Å². The van der Waals surface area contributed by atoms with E-state index in [2.05, 4.69) is 4.72 Å². The van der Waals surface area contributed by atoms with Gasteiger partial charge in [-0.25, -0.2) is 13.1 Å². The molecule has 19 heavy (non-hydrogen) atoms. The summed E-state index contributed by atoms with van der Waals surface area (Å²) >= 11 is 0. The molecular formula is C12H16N2O3S2. The summed E-state index contributed by atoms with van der Waals surface area (Å²) in [6.07, 6.45) is 2.11. The summed E-state index contributed by atoms with van der Waals surface area (Å²) in [5, 5.41) is 8.89. The lowest BCUT2D eigenvalue weighted by Crippen LogP contribution is -2.27. The first-order chi connectivity index (χ1) is 8.94. The van der Waals surface area contributed by atoms with Crippen molar-refractivity contribution in [2.45, 2.75) is 12.2 Å². The molecule has 7 heteroatoms. The van der Waals surface area contributed by atoms with Crippen LogP contribution in [0.4, 0.5) is 0 Å². The van der Waals surface area contributed by atoms with Crippen molar-refractivity contribution in [3.05, 3.63) is 35.4 Å². The molecule has 0 spiro atoms. The van der Waals surface area contributed by atoms with Crippen molar-refractivity contribution >= 4 is 20.8 Å². The maximum atomic E-state index is 11.8. The van der Waals surface area contributed by atoms with Crippen molar-refractivity contribution in [1.82, 2.24) is 4.72 Å². The minimum Gasteiger partial charge on any atom is -0.260 e. The highest BCUT2D eigenvalue weighted by molar-refractivity contribution is 7.88. The van der Waals surface area contributed by atoms with Crippen LogP contribution < -0.4 is 4.72 Å². The number of nitrogens with zero attached hydrogens (tertiary/aromatic N) is 1. The van der Waals surface area contributed by atoms with E-state index in [1.165, 1.54) is 0 Å². The van der Waals surface area contributed by atoms with Gasteiger partial charge in [-0.15, -0.1) is 0 Å². The molecule has 0 saturated heterocycles. The molecule has 0 radical (unpaired) electrons. The lowest BCUT2D eigenvalue weighted by molar-refractivity contribution is 0.579. The van der Waals surface area contributed by atoms with Crippen LogP contribution in [0.3, 0.4) is 0 Å². The van der Waals surface area contributed by atoms with Gasteiger partial charge in [0.15, 0.2) is 0 Å². The highest BCUT2D eigenvalue weighted by Crippen LogP contribution is 2.10. The van der Waals surface area contributed by atoms with Crippen LogP contribution in [0.5, 0.6) is 0 Å². The Bertz CT molecular complexity index is 591. The predicted molar refractivity (Wildman–Crippen MR) is 75.3 cm³/mol. The lowest BCUT2D eigenvalue weighted by Gasteiger charge is -2.07. The first-order valence-electron chi connectivity index (χ1n) is 5.70. The zero-order valence-corrected chi connectivity index (χ0v) is 12.3. The minimum atomic E-state index is -3.47. The third kappa shape index (κ3) is 5.96. The number of hydrogen-bond acceptors (Lipinski definition) is 4. The third-order valence-electron chi connectivity index (χ3n) is 2.41. The van der Waals surface area contributed by atoms with Gasteiger partial charge in [0.2, 0.25) is 10.0 Å². The molecule has 0 saturated carbocycles. The molecule has 0 heterocycles. The second-order valence-electron chi connectivity index (χ2n) is 4.05. The van der Waals surface area contributed by atoms with Gasteiger partial charge in [-0.2, -0.15) is 5.26 Å². The summed E-state index contributed by atoms with van der Waals surface area (Å²) in [5.41, 5.74) is 0.846. The number of benzene rings is 1. The van der Waals surface area contributed by atoms with Crippen LogP contribution in [0, 0.1) is 11.3 Å². The third-order valence-corrected chi connectivity index (χ3v) is 4.61. The second-order valence-corrected chi connectivity index (χ2v) is 7.41. The topological polar surface area (TPSA) is 87.0 Å². The zero-order valence-electron chi connectivity index (χ0n) is 10.6. The molecule has 1 atom stereocenters. The van der Waals surface area contributed by atoms with Crippen molar-refractivity contribution in [3.63, 3.8) is 0 Å². The van der Waals surface area contributed by atoms with Gasteiger partial charge in [0, 0.05) is 29.4 Å². The molecule has 1 unspecified atom stereocenters. The van der Waals surface area contributed by atoms with Crippen LogP contribution in [-0.4, -0.2) is 31.2 Å². The van der Waals surface area contributed by atoms with Gasteiger partial charge in [-0.3, -0.25) is 4.21 Å². The molecule has 0 amide bonds. The SMILES string of the molecule is CS(=O)CCCNS(=O)(=O)Cc1ccccc1C#N. The molecule has 5 nitrogen and oxygen atoms in total. The average Bonchev–Trinajstić information content (AvgIpc) is 2.35. The number of nitrogens with one attached hydrogen (secondary N) is 1. The fourth-order valence-electron chi connectivity index (χ4n) is 1.51. The van der Waals surface area contributed by atoms with Crippen molar-refractivity contribution in [2.75, 3.05) is 18.6 Å². The smallest absolute Gasteiger partial charge is 0.215 e. The van der Waals surface area contributed by atoms with E-state index in [-0.39, 0.29) is 12.3 Å². The molecule has 1 rings (SSSR count). The van der Waals surface area contributed by atoms with Gasteiger partial charge in [0.25, 0.3) is 0 Å². The van der Waals surface area contributed by atoms with E-state index in [0.717, 1.165) is 0 Å². The summed E-state index contributed by atoms with van der Waals surface area (Å²) in [4.78, 5) is 0. The Labute approximate surface area is 116 Å². The lowest BCUT2D eigenvalue weighted by atomic mass is 10.1. The second kappa shape index (κ2) is 7.38. The fourth-order valence-corrected chi connectivity index (χ4v) is 3.28. The number of rotatable bonds is 7. The number of hydrogen-bond donors (Lipinski definition) is 1. The summed E-state index contributed by atoms with van der Waals surface area (Å²) in [7, 11) is -4.38. The van der Waals surface area contributed by atoms with Crippen LogP contribution in [0.2, 0.25) is 0 Å². The Hall–Kier alpha value is -1.23. The van der Waals surface area contributed by atoms with Crippen molar-refractivity contribution in [3.8, 4) is 6.07 Å². The van der Waals surface area contributed by atoms with Crippen LogP contribution in [0.1, 0.15) is 17.5 Å². The normalized spacial score (nSPS) is 12.8. The molecule has 0 fully saturated rings. The summed E-state index contributed by atoms with van der Waals surface area (Å²) < 4.78 is 36.9. The highest BCUT2D eigenvalue weighted by Gasteiger charge is 2.13. The van der Waals surface area contributed by atoms with Crippen LogP contribution in [0.25, 0.3) is 0 Å². The Kier molecular flexibility index (Phi) is 6.15. The van der Waals surface area contributed by atoms with Crippen LogP contribution in [-0.2, 0) is 26.6 Å². The van der Waals surface area contributed by atoms with E-state index in [9.17, 15) is 12.6 Å². The van der Waals surface area contributed by atoms with E-state index in [1.807, 2.05) is 6.07 Å². The van der Waals surface area contributed by atoms with Crippen molar-refractivity contribution < 1.29 is 12.6 Å². The van der Waals surface area contributed by atoms with Gasteiger partial charge in [0.1, 0.15) is 0 Å². The number of sulfonamides is 1. The molecule has 1 aromatic carbocycles. The highest BCUT2D eigenvalue weighted by atomic mass is 32.2. The molecular weight excluding hydrogens is 284 g/mol. The molecule has 1 aromatic rings. The maximum absolute atomic E-state index is 11.8. The number of nitriles is 1. The van der Waals surface area contributed by atoms with Crippen molar-refractivity contribution in [2.24, 2.45) is 0 Å². The van der Waals surface area contributed by atoms with E-state index in [0.29, 0.717) is 23.3 Å². The largest absolute Gasteiger partial charge is 0.260 e. The summed E-state index contributed by atoms with van der Waals surface area (Å²) in [6, 6.07) is 8.57. The Morgan fingerprint density at radius 1 is 1.37 bits per heavy atom. The van der Waals surface area contributed by atoms with Crippen LogP contribution >= 0.6 is 0 Å². The Morgan fingerprint density at radius 2 is 2.05 bits per heavy atom. The zero-order chi connectivity index (χ0) is 14.3. The molecule has 0 aliphatic carbocycles. The van der Waals surface area contributed by atoms with Gasteiger partial charge < -0.3 is 0 Å². The summed E-state index contributed by atoms with van der Waals surface area (Å²) in [5.74, 6) is 0.253. The van der Waals surface area contributed by atoms with E-state index < -0.39 is 20.8 Å². The van der Waals surface area contributed by atoms with Gasteiger partial charge in [-0.1, -0.05) is 18.2 Å². The Morgan fingerprint density at radius 3 is 2.68 bits per heavy atom. The molecule has 0 aliphatic rings. The van der Waals surface area contributed by atoms with E-state index in [1.54, 1.807) is 30.5 Å². The van der Waals surface area contributed by atoms with Gasteiger partial charge >= 0.3 is 0 Å². The summed E-state index contributed by atoms with van der Waals surface area (Å²) in [6.45, 7) is 0.261. The Balaban J connectivity index is 2.60. The van der Waals surface area contributed by atoms with E-state index in [4.69, 9.17) is 5.26 Å². The van der Waals surface area contributed by atoms with E-state index >= 15 is 0 Å². The first-order valence-corrected chi connectivity index (χ1v) is 9.08. The standard InChI is InChI=1S/C12H16N2O3S2/c1-18(15)8-4-7-14-19(16,17)10-12-6-3-2-5-11(12)9-13/h2-3,5-6,14H,4,7-8,10H2,1H3. The minimum absolute atomic E-state index is 0.216. The molecule has 0 aliphatic heterocycles. The van der Waals surface area contributed by atoms with Gasteiger partial charge in [0.05, 0.1) is 17.4 Å². The molecule has 0 bridgehead atoms. The predicted octanol–water partition coefficient (Wildman–Crippen LogP) is 0.746. The molecule has 1 N–H and O–H groups in total. The fraction of sp³-hybridized carbons (Fsp3) is 0.417. The molecule has 0 aromatic heterocycles. The van der Waals surface area contributed by atoms with Gasteiger partial charge in [-0.05, 0) is 18.1 Å². The molecule has 104 valence electrons.